The minimum atomic E-state index is -0.285. The summed E-state index contributed by atoms with van der Waals surface area (Å²) in [5.74, 6) is 0.902. The van der Waals surface area contributed by atoms with Crippen molar-refractivity contribution in [3.63, 3.8) is 0 Å². The minimum absolute atomic E-state index is 0.240. The van der Waals surface area contributed by atoms with Crippen LogP contribution >= 0.6 is 0 Å². The summed E-state index contributed by atoms with van der Waals surface area (Å²) in [6, 6.07) is 5.19. The molecule has 0 atom stereocenters. The Morgan fingerprint density at radius 3 is 2.97 bits per heavy atom. The summed E-state index contributed by atoms with van der Waals surface area (Å²) in [6.45, 7) is 2.68. The molecule has 0 bridgehead atoms. The maximum atomic E-state index is 14.4. The van der Waals surface area contributed by atoms with Crippen molar-refractivity contribution >= 4 is 11.5 Å². The third kappa shape index (κ3) is 2.77. The minimum Gasteiger partial charge on any atom is -0.493 e. The third-order valence-electron chi connectivity index (χ3n) is 5.01. The van der Waals surface area contributed by atoms with Crippen LogP contribution in [0.2, 0.25) is 0 Å². The lowest BCUT2D eigenvalue weighted by Crippen LogP contribution is -2.10. The van der Waals surface area contributed by atoms with E-state index < -0.39 is 0 Å². The topological polar surface area (TPSA) is 93.1 Å². The molecule has 0 saturated heterocycles. The zero-order valence-electron chi connectivity index (χ0n) is 15.6. The molecule has 8 nitrogen and oxygen atoms in total. The molecule has 9 heteroatoms. The van der Waals surface area contributed by atoms with Gasteiger partial charge in [-0.3, -0.25) is 4.40 Å². The molecule has 0 amide bonds. The molecule has 0 fully saturated rings. The first kappa shape index (κ1) is 17.2. The maximum Gasteiger partial charge on any atom is 0.209 e. The molecule has 1 N–H and O–H groups in total. The molecule has 0 saturated carbocycles. The van der Waals surface area contributed by atoms with Gasteiger partial charge < -0.3 is 14.6 Å². The SMILES string of the molecule is Cc1cn(-c2cnc(NCc3c(F)ccc4c3CCO4)n3cnc(C#N)c23)cn1. The van der Waals surface area contributed by atoms with E-state index in [4.69, 9.17) is 4.74 Å². The number of nitrogens with one attached hydrogen (secondary N) is 1. The van der Waals surface area contributed by atoms with Crippen LogP contribution in [0.1, 0.15) is 22.5 Å². The first-order chi connectivity index (χ1) is 14.2. The van der Waals surface area contributed by atoms with Crippen molar-refractivity contribution in [2.75, 3.05) is 11.9 Å². The average Bonchev–Trinajstić information content (AvgIpc) is 3.46. The molecular weight excluding hydrogens is 373 g/mol. The van der Waals surface area contributed by atoms with Crippen molar-refractivity contribution in [3.05, 3.63) is 65.5 Å². The summed E-state index contributed by atoms with van der Waals surface area (Å²) in [4.78, 5) is 12.9. The molecule has 0 aliphatic carbocycles. The van der Waals surface area contributed by atoms with Gasteiger partial charge in [-0.15, -0.1) is 0 Å². The van der Waals surface area contributed by atoms with Crippen LogP contribution in [0.3, 0.4) is 0 Å². The maximum absolute atomic E-state index is 14.4. The number of aryl methyl sites for hydroxylation is 1. The molecule has 1 aromatic carbocycles. The highest BCUT2D eigenvalue weighted by Crippen LogP contribution is 2.31. The smallest absolute Gasteiger partial charge is 0.209 e. The Morgan fingerprint density at radius 1 is 1.28 bits per heavy atom. The second-order valence-corrected chi connectivity index (χ2v) is 6.77. The highest BCUT2D eigenvalue weighted by atomic mass is 19.1. The predicted molar refractivity (Wildman–Crippen MR) is 102 cm³/mol. The normalized spacial score (nSPS) is 12.6. The summed E-state index contributed by atoms with van der Waals surface area (Å²) in [7, 11) is 0. The van der Waals surface area contributed by atoms with E-state index in [1.165, 1.54) is 12.4 Å². The van der Waals surface area contributed by atoms with Crippen LogP contribution in [0, 0.1) is 24.1 Å². The van der Waals surface area contributed by atoms with Gasteiger partial charge in [0.05, 0.1) is 30.5 Å². The molecule has 144 valence electrons. The van der Waals surface area contributed by atoms with Crippen molar-refractivity contribution < 1.29 is 9.13 Å². The van der Waals surface area contributed by atoms with E-state index in [0.717, 1.165) is 17.0 Å². The van der Waals surface area contributed by atoms with Gasteiger partial charge in [0.2, 0.25) is 5.95 Å². The number of anilines is 1. The Labute approximate surface area is 165 Å². The van der Waals surface area contributed by atoms with Gasteiger partial charge in [-0.1, -0.05) is 0 Å². The molecule has 1 aliphatic heterocycles. The van der Waals surface area contributed by atoms with Gasteiger partial charge in [0.1, 0.15) is 29.5 Å². The number of hydrogen-bond donors (Lipinski definition) is 1. The molecule has 0 spiro atoms. The number of nitrogens with zero attached hydrogens (tertiary/aromatic N) is 6. The van der Waals surface area contributed by atoms with Crippen LogP contribution in [0.5, 0.6) is 5.75 Å². The summed E-state index contributed by atoms with van der Waals surface area (Å²) in [5.41, 5.74) is 3.85. The fourth-order valence-corrected chi connectivity index (χ4v) is 3.63. The van der Waals surface area contributed by atoms with Gasteiger partial charge in [0.15, 0.2) is 5.69 Å². The Morgan fingerprint density at radius 2 is 2.17 bits per heavy atom. The van der Waals surface area contributed by atoms with Crippen molar-refractivity contribution in [3.8, 4) is 17.5 Å². The lowest BCUT2D eigenvalue weighted by atomic mass is 10.0. The van der Waals surface area contributed by atoms with Crippen molar-refractivity contribution in [1.29, 1.82) is 5.26 Å². The van der Waals surface area contributed by atoms with Gasteiger partial charge in [0.25, 0.3) is 0 Å². The molecule has 4 aromatic rings. The molecule has 0 radical (unpaired) electrons. The van der Waals surface area contributed by atoms with Crippen molar-refractivity contribution in [1.82, 2.24) is 23.9 Å². The molecular formula is C20H16FN7O. The Kier molecular flexibility index (Phi) is 3.91. The summed E-state index contributed by atoms with van der Waals surface area (Å²) >= 11 is 0. The monoisotopic (exact) mass is 389 g/mol. The summed E-state index contributed by atoms with van der Waals surface area (Å²) < 4.78 is 23.4. The van der Waals surface area contributed by atoms with E-state index >= 15 is 0 Å². The zero-order valence-corrected chi connectivity index (χ0v) is 15.6. The fourth-order valence-electron chi connectivity index (χ4n) is 3.63. The fraction of sp³-hybridized carbons (Fsp3) is 0.200. The van der Waals surface area contributed by atoms with E-state index in [2.05, 4.69) is 26.3 Å². The molecule has 4 heterocycles. The highest BCUT2D eigenvalue weighted by molar-refractivity contribution is 5.72. The number of aromatic nitrogens is 5. The number of halogens is 1. The van der Waals surface area contributed by atoms with Crippen molar-refractivity contribution in [2.45, 2.75) is 19.9 Å². The number of benzene rings is 1. The Balaban J connectivity index is 1.55. The van der Waals surface area contributed by atoms with Crippen LogP contribution in [0.15, 0.2) is 37.2 Å². The van der Waals surface area contributed by atoms with Crippen LogP contribution in [-0.2, 0) is 13.0 Å². The van der Waals surface area contributed by atoms with Gasteiger partial charge >= 0.3 is 0 Å². The van der Waals surface area contributed by atoms with Gasteiger partial charge in [-0.2, -0.15) is 5.26 Å². The largest absolute Gasteiger partial charge is 0.493 e. The van der Waals surface area contributed by atoms with E-state index in [1.54, 1.807) is 27.6 Å². The van der Waals surface area contributed by atoms with E-state index in [1.807, 2.05) is 13.1 Å². The molecule has 0 unspecified atom stereocenters. The number of fused-ring (bicyclic) bond motifs is 2. The van der Waals surface area contributed by atoms with Crippen molar-refractivity contribution in [2.24, 2.45) is 0 Å². The standard InChI is InChI=1S/C20H16FN7O/c1-12-9-27(10-25-12)17-8-24-20(28-11-26-16(6-22)19(17)28)23-7-14-13-4-5-29-18(13)3-2-15(14)21/h2-3,8-11H,4-5,7H2,1H3,(H,23,24). The number of ether oxygens (including phenoxy) is 1. The van der Waals surface area contributed by atoms with Gasteiger partial charge in [-0.05, 0) is 19.1 Å². The molecule has 5 rings (SSSR count). The zero-order chi connectivity index (χ0) is 20.0. The number of nitriles is 1. The Hall–Kier alpha value is -3.93. The first-order valence-corrected chi connectivity index (χ1v) is 9.09. The Bertz CT molecular complexity index is 1280. The van der Waals surface area contributed by atoms with Crippen LogP contribution in [0.25, 0.3) is 11.2 Å². The number of rotatable bonds is 4. The second kappa shape index (κ2) is 6.60. The van der Waals surface area contributed by atoms with Crippen LogP contribution < -0.4 is 10.1 Å². The average molecular weight is 389 g/mol. The summed E-state index contributed by atoms with van der Waals surface area (Å²) in [5, 5.41) is 12.7. The number of hydrogen-bond acceptors (Lipinski definition) is 6. The number of imidazole rings is 2. The molecule has 29 heavy (non-hydrogen) atoms. The van der Waals surface area contributed by atoms with Gasteiger partial charge in [-0.25, -0.2) is 19.3 Å². The van der Waals surface area contributed by atoms with E-state index in [0.29, 0.717) is 35.7 Å². The lowest BCUT2D eigenvalue weighted by Gasteiger charge is -2.13. The predicted octanol–water partition coefficient (Wildman–Crippen LogP) is 2.78. The highest BCUT2D eigenvalue weighted by Gasteiger charge is 2.20. The summed E-state index contributed by atoms with van der Waals surface area (Å²) in [6.07, 6.45) is 7.37. The van der Waals surface area contributed by atoms with Crippen LogP contribution in [-0.4, -0.2) is 30.5 Å². The third-order valence-corrected chi connectivity index (χ3v) is 5.01. The molecule has 3 aromatic heterocycles. The first-order valence-electron chi connectivity index (χ1n) is 9.09. The lowest BCUT2D eigenvalue weighted by molar-refractivity contribution is 0.356. The second-order valence-electron chi connectivity index (χ2n) is 6.77. The van der Waals surface area contributed by atoms with E-state index in [-0.39, 0.29) is 18.1 Å². The van der Waals surface area contributed by atoms with Gasteiger partial charge in [0, 0.05) is 30.3 Å². The molecule has 1 aliphatic rings. The van der Waals surface area contributed by atoms with Crippen LogP contribution in [0.4, 0.5) is 10.3 Å². The quantitative estimate of drug-likeness (QED) is 0.577. The van der Waals surface area contributed by atoms with E-state index in [9.17, 15) is 9.65 Å².